The van der Waals surface area contributed by atoms with Gasteiger partial charge in [-0.05, 0) is 43.6 Å². The Bertz CT molecular complexity index is 628. The van der Waals surface area contributed by atoms with Crippen molar-refractivity contribution in [1.82, 2.24) is 9.80 Å². The molecule has 2 heterocycles. The van der Waals surface area contributed by atoms with E-state index >= 15 is 0 Å². The van der Waals surface area contributed by atoms with Crippen LogP contribution in [-0.4, -0.2) is 58.5 Å². The van der Waals surface area contributed by atoms with Gasteiger partial charge in [0.25, 0.3) is 0 Å². The Morgan fingerprint density at radius 2 is 2.00 bits per heavy atom. The summed E-state index contributed by atoms with van der Waals surface area (Å²) in [5, 5.41) is 12.7. The van der Waals surface area contributed by atoms with Gasteiger partial charge < -0.3 is 15.3 Å². The van der Waals surface area contributed by atoms with Gasteiger partial charge in [0.2, 0.25) is 11.8 Å². The smallest absolute Gasteiger partial charge is 0.247 e. The molecule has 0 saturated carbocycles. The van der Waals surface area contributed by atoms with Crippen molar-refractivity contribution >= 4 is 17.5 Å². The van der Waals surface area contributed by atoms with Gasteiger partial charge in [-0.15, -0.1) is 0 Å². The number of amides is 2. The van der Waals surface area contributed by atoms with Crippen molar-refractivity contribution in [2.24, 2.45) is 0 Å². The second kappa shape index (κ2) is 7.97. The SMILES string of the molecule is CC(=O)N1C[C@@H](O)C[C@@H]1C(=O)Nc1cccc(CN2CCCCC2)c1. The van der Waals surface area contributed by atoms with E-state index < -0.39 is 12.1 Å². The monoisotopic (exact) mass is 345 g/mol. The number of β-amino-alcohol motifs (C(OH)–C–C–N with tert-alkyl or cyclic N) is 1. The zero-order valence-electron chi connectivity index (χ0n) is 14.8. The van der Waals surface area contributed by atoms with Gasteiger partial charge in [-0.2, -0.15) is 0 Å². The Hall–Kier alpha value is -1.92. The van der Waals surface area contributed by atoms with E-state index in [2.05, 4.69) is 16.3 Å². The van der Waals surface area contributed by atoms with Crippen molar-refractivity contribution < 1.29 is 14.7 Å². The van der Waals surface area contributed by atoms with Crippen LogP contribution < -0.4 is 5.32 Å². The van der Waals surface area contributed by atoms with Gasteiger partial charge >= 0.3 is 0 Å². The van der Waals surface area contributed by atoms with Crippen LogP contribution in [0.5, 0.6) is 0 Å². The predicted octanol–water partition coefficient (Wildman–Crippen LogP) is 1.59. The van der Waals surface area contributed by atoms with Crippen molar-refractivity contribution in [3.05, 3.63) is 29.8 Å². The van der Waals surface area contributed by atoms with E-state index in [1.165, 1.54) is 36.6 Å². The van der Waals surface area contributed by atoms with Gasteiger partial charge in [0.1, 0.15) is 6.04 Å². The van der Waals surface area contributed by atoms with Crippen LogP contribution in [0.15, 0.2) is 24.3 Å². The summed E-state index contributed by atoms with van der Waals surface area (Å²) in [5.41, 5.74) is 1.92. The van der Waals surface area contributed by atoms with Crippen molar-refractivity contribution in [2.75, 3.05) is 25.0 Å². The Labute approximate surface area is 148 Å². The van der Waals surface area contributed by atoms with Gasteiger partial charge in [-0.25, -0.2) is 0 Å². The molecule has 2 N–H and O–H groups in total. The number of benzene rings is 1. The highest BCUT2D eigenvalue weighted by molar-refractivity contribution is 5.97. The molecule has 0 bridgehead atoms. The molecule has 2 aliphatic heterocycles. The quantitative estimate of drug-likeness (QED) is 0.869. The lowest BCUT2D eigenvalue weighted by Crippen LogP contribution is -2.42. The highest BCUT2D eigenvalue weighted by atomic mass is 16.3. The average molecular weight is 345 g/mol. The van der Waals surface area contributed by atoms with Crippen LogP contribution >= 0.6 is 0 Å². The van der Waals surface area contributed by atoms with Gasteiger partial charge in [0.05, 0.1) is 6.10 Å². The van der Waals surface area contributed by atoms with Crippen LogP contribution in [0.4, 0.5) is 5.69 Å². The number of hydrogen-bond donors (Lipinski definition) is 2. The summed E-state index contributed by atoms with van der Waals surface area (Å²) in [5.74, 6) is -0.419. The summed E-state index contributed by atoms with van der Waals surface area (Å²) in [6, 6.07) is 7.28. The molecule has 2 amide bonds. The maximum absolute atomic E-state index is 12.5. The lowest BCUT2D eigenvalue weighted by Gasteiger charge is -2.26. The molecule has 2 fully saturated rings. The third-order valence-electron chi connectivity index (χ3n) is 5.04. The standard InChI is InChI=1S/C19H27N3O3/c1-14(23)22-13-17(24)11-18(22)19(25)20-16-7-5-6-15(10-16)12-21-8-3-2-4-9-21/h5-7,10,17-18,24H,2-4,8-9,11-13H2,1H3,(H,20,25)/t17-,18+/m0/s1. The Balaban J connectivity index is 1.63. The van der Waals surface area contributed by atoms with E-state index in [1.54, 1.807) is 0 Å². The number of nitrogens with zero attached hydrogens (tertiary/aromatic N) is 2. The average Bonchev–Trinajstić information content (AvgIpc) is 2.98. The van der Waals surface area contributed by atoms with E-state index in [4.69, 9.17) is 0 Å². The number of carbonyl (C=O) groups is 2. The number of aliphatic hydroxyl groups is 1. The van der Waals surface area contributed by atoms with Crippen LogP contribution in [0.3, 0.4) is 0 Å². The van der Waals surface area contributed by atoms with Crippen LogP contribution in [0.25, 0.3) is 0 Å². The van der Waals surface area contributed by atoms with E-state index in [0.717, 1.165) is 25.3 Å². The van der Waals surface area contributed by atoms with Crippen molar-refractivity contribution in [3.8, 4) is 0 Å². The number of carbonyl (C=O) groups excluding carboxylic acids is 2. The van der Waals surface area contributed by atoms with Gasteiger partial charge in [-0.1, -0.05) is 18.6 Å². The van der Waals surface area contributed by atoms with Crippen LogP contribution in [0.1, 0.15) is 38.2 Å². The first-order valence-corrected chi connectivity index (χ1v) is 9.10. The normalized spacial score (nSPS) is 24.3. The second-order valence-corrected chi connectivity index (χ2v) is 7.10. The number of aliphatic hydroxyl groups excluding tert-OH is 1. The molecule has 136 valence electrons. The molecule has 2 aliphatic rings. The molecule has 6 nitrogen and oxygen atoms in total. The fraction of sp³-hybridized carbons (Fsp3) is 0.579. The van der Waals surface area contributed by atoms with Crippen molar-refractivity contribution in [2.45, 2.75) is 51.3 Å². The number of nitrogens with one attached hydrogen (secondary N) is 1. The van der Waals surface area contributed by atoms with E-state index in [1.807, 2.05) is 18.2 Å². The number of piperidine rings is 1. The van der Waals surface area contributed by atoms with Crippen LogP contribution in [0, 0.1) is 0 Å². The molecular formula is C19H27N3O3. The van der Waals surface area contributed by atoms with Crippen molar-refractivity contribution in [3.63, 3.8) is 0 Å². The molecule has 0 aliphatic carbocycles. The van der Waals surface area contributed by atoms with E-state index in [-0.39, 0.29) is 18.4 Å². The zero-order chi connectivity index (χ0) is 17.8. The van der Waals surface area contributed by atoms with Crippen LogP contribution in [-0.2, 0) is 16.1 Å². The van der Waals surface area contributed by atoms with E-state index in [9.17, 15) is 14.7 Å². The highest BCUT2D eigenvalue weighted by Gasteiger charge is 2.37. The number of hydrogen-bond acceptors (Lipinski definition) is 4. The number of rotatable bonds is 4. The molecule has 3 rings (SSSR count). The molecule has 0 radical (unpaired) electrons. The topological polar surface area (TPSA) is 72.9 Å². The minimum atomic E-state index is -0.634. The first kappa shape index (κ1) is 17.9. The molecule has 0 unspecified atom stereocenters. The number of anilines is 1. The molecule has 25 heavy (non-hydrogen) atoms. The van der Waals surface area contributed by atoms with Gasteiger partial charge in [-0.3, -0.25) is 14.5 Å². The first-order valence-electron chi connectivity index (χ1n) is 9.10. The summed E-state index contributed by atoms with van der Waals surface area (Å²) in [7, 11) is 0. The van der Waals surface area contributed by atoms with E-state index in [0.29, 0.717) is 6.42 Å². The maximum atomic E-state index is 12.5. The largest absolute Gasteiger partial charge is 0.391 e. The molecular weight excluding hydrogens is 318 g/mol. The molecule has 2 atom stereocenters. The highest BCUT2D eigenvalue weighted by Crippen LogP contribution is 2.21. The maximum Gasteiger partial charge on any atom is 0.247 e. The van der Waals surface area contributed by atoms with Crippen LogP contribution in [0.2, 0.25) is 0 Å². The Kier molecular flexibility index (Phi) is 5.71. The third kappa shape index (κ3) is 4.58. The summed E-state index contributed by atoms with van der Waals surface area (Å²) in [4.78, 5) is 28.1. The molecule has 1 aromatic rings. The Morgan fingerprint density at radius 3 is 2.72 bits per heavy atom. The molecule has 2 saturated heterocycles. The third-order valence-corrected chi connectivity index (χ3v) is 5.04. The van der Waals surface area contributed by atoms with Crippen molar-refractivity contribution in [1.29, 1.82) is 0 Å². The lowest BCUT2D eigenvalue weighted by atomic mass is 10.1. The second-order valence-electron chi connectivity index (χ2n) is 7.10. The summed E-state index contributed by atoms with van der Waals surface area (Å²) >= 11 is 0. The fourth-order valence-corrected chi connectivity index (χ4v) is 3.76. The minimum Gasteiger partial charge on any atom is -0.391 e. The lowest BCUT2D eigenvalue weighted by molar-refractivity contribution is -0.134. The zero-order valence-corrected chi connectivity index (χ0v) is 14.8. The summed E-state index contributed by atoms with van der Waals surface area (Å²) < 4.78 is 0. The van der Waals surface area contributed by atoms with Gasteiger partial charge in [0.15, 0.2) is 0 Å². The molecule has 6 heteroatoms. The summed E-state index contributed by atoms with van der Waals surface area (Å²) in [6.45, 7) is 4.81. The fourth-order valence-electron chi connectivity index (χ4n) is 3.76. The molecule has 0 spiro atoms. The minimum absolute atomic E-state index is 0.185. The summed E-state index contributed by atoms with van der Waals surface area (Å²) in [6.07, 6.45) is 3.47. The Morgan fingerprint density at radius 1 is 1.24 bits per heavy atom. The first-order chi connectivity index (χ1) is 12.0. The number of likely N-dealkylation sites (tertiary alicyclic amines) is 2. The molecule has 1 aromatic carbocycles. The predicted molar refractivity (Wildman–Crippen MR) is 96.0 cm³/mol. The molecule has 0 aromatic heterocycles. The van der Waals surface area contributed by atoms with Gasteiger partial charge in [0, 0.05) is 32.1 Å².